The SMILES string of the molecule is Cc1cc2c(Br)ccnc2c(C)n1. The largest absolute Gasteiger partial charge is 0.256 e. The van der Waals surface area contributed by atoms with Gasteiger partial charge in [0.1, 0.15) is 0 Å². The molecule has 0 saturated heterocycles. The average Bonchev–Trinajstić information content (AvgIpc) is 2.07. The summed E-state index contributed by atoms with van der Waals surface area (Å²) in [6.07, 6.45) is 1.79. The van der Waals surface area contributed by atoms with Gasteiger partial charge in [-0.15, -0.1) is 0 Å². The molecule has 0 atom stereocenters. The van der Waals surface area contributed by atoms with E-state index in [1.165, 1.54) is 0 Å². The maximum absolute atomic E-state index is 4.36. The third kappa shape index (κ3) is 1.44. The van der Waals surface area contributed by atoms with Crippen LogP contribution in [0.1, 0.15) is 11.4 Å². The number of aromatic nitrogens is 2. The number of aryl methyl sites for hydroxylation is 2. The zero-order chi connectivity index (χ0) is 9.42. The lowest BCUT2D eigenvalue weighted by molar-refractivity contribution is 1.13. The fourth-order valence-electron chi connectivity index (χ4n) is 1.43. The minimum Gasteiger partial charge on any atom is -0.256 e. The maximum Gasteiger partial charge on any atom is 0.0925 e. The Morgan fingerprint density at radius 3 is 2.85 bits per heavy atom. The molecule has 0 aliphatic rings. The van der Waals surface area contributed by atoms with E-state index in [0.717, 1.165) is 26.8 Å². The molecule has 0 spiro atoms. The Hall–Kier alpha value is -0.960. The third-order valence-electron chi connectivity index (χ3n) is 1.98. The molecule has 2 rings (SSSR count). The van der Waals surface area contributed by atoms with Crippen LogP contribution in [-0.4, -0.2) is 9.97 Å². The van der Waals surface area contributed by atoms with Gasteiger partial charge in [-0.25, -0.2) is 0 Å². The lowest BCUT2D eigenvalue weighted by atomic mass is 10.2. The molecule has 0 amide bonds. The van der Waals surface area contributed by atoms with Crippen LogP contribution in [0.5, 0.6) is 0 Å². The Bertz CT molecular complexity index is 466. The van der Waals surface area contributed by atoms with Gasteiger partial charge in [0.05, 0.1) is 11.2 Å². The molecule has 2 aromatic rings. The Balaban J connectivity index is 2.94. The van der Waals surface area contributed by atoms with Crippen LogP contribution in [-0.2, 0) is 0 Å². The summed E-state index contributed by atoms with van der Waals surface area (Å²) in [5.74, 6) is 0. The summed E-state index contributed by atoms with van der Waals surface area (Å²) < 4.78 is 1.08. The van der Waals surface area contributed by atoms with Crippen LogP contribution in [0.15, 0.2) is 22.8 Å². The molecule has 13 heavy (non-hydrogen) atoms. The summed E-state index contributed by atoms with van der Waals surface area (Å²) in [5, 5.41) is 1.13. The Labute approximate surface area is 85.1 Å². The second-order valence-electron chi connectivity index (χ2n) is 3.04. The van der Waals surface area contributed by atoms with E-state index in [-0.39, 0.29) is 0 Å². The van der Waals surface area contributed by atoms with Crippen molar-refractivity contribution < 1.29 is 0 Å². The second-order valence-corrected chi connectivity index (χ2v) is 3.89. The zero-order valence-electron chi connectivity index (χ0n) is 7.50. The smallest absolute Gasteiger partial charge is 0.0925 e. The van der Waals surface area contributed by atoms with Crippen LogP contribution in [0.4, 0.5) is 0 Å². The van der Waals surface area contributed by atoms with Crippen LogP contribution in [0, 0.1) is 13.8 Å². The highest BCUT2D eigenvalue weighted by Crippen LogP contribution is 2.23. The van der Waals surface area contributed by atoms with Gasteiger partial charge in [-0.2, -0.15) is 0 Å². The minimum atomic E-state index is 0.972. The Morgan fingerprint density at radius 2 is 2.08 bits per heavy atom. The number of halogens is 1. The van der Waals surface area contributed by atoms with E-state index in [1.807, 2.05) is 26.0 Å². The van der Waals surface area contributed by atoms with Crippen molar-refractivity contribution in [1.29, 1.82) is 0 Å². The van der Waals surface area contributed by atoms with Crippen LogP contribution < -0.4 is 0 Å². The summed E-state index contributed by atoms with van der Waals surface area (Å²) in [6, 6.07) is 3.99. The summed E-state index contributed by atoms with van der Waals surface area (Å²) >= 11 is 3.50. The first-order valence-corrected chi connectivity index (χ1v) is 4.86. The standard InChI is InChI=1S/C10H9BrN2/c1-6-5-8-9(11)3-4-12-10(8)7(2)13-6/h3-5H,1-2H3. The van der Waals surface area contributed by atoms with Gasteiger partial charge in [-0.3, -0.25) is 9.97 Å². The summed E-state index contributed by atoms with van der Waals surface area (Å²) in [4.78, 5) is 8.65. The van der Waals surface area contributed by atoms with Gasteiger partial charge >= 0.3 is 0 Å². The molecule has 0 radical (unpaired) electrons. The van der Waals surface area contributed by atoms with Crippen molar-refractivity contribution >= 4 is 26.8 Å². The quantitative estimate of drug-likeness (QED) is 0.703. The van der Waals surface area contributed by atoms with E-state index >= 15 is 0 Å². The first-order valence-electron chi connectivity index (χ1n) is 4.07. The number of nitrogens with zero attached hydrogens (tertiary/aromatic N) is 2. The summed E-state index contributed by atoms with van der Waals surface area (Å²) in [5.41, 5.74) is 2.98. The van der Waals surface area contributed by atoms with Crippen LogP contribution in [0.25, 0.3) is 10.9 Å². The normalized spacial score (nSPS) is 10.7. The number of hydrogen-bond acceptors (Lipinski definition) is 2. The third-order valence-corrected chi connectivity index (χ3v) is 2.67. The minimum absolute atomic E-state index is 0.972. The van der Waals surface area contributed by atoms with E-state index in [2.05, 4.69) is 25.9 Å². The molecule has 2 aromatic heterocycles. The van der Waals surface area contributed by atoms with Gasteiger partial charge in [0.2, 0.25) is 0 Å². The van der Waals surface area contributed by atoms with E-state index in [4.69, 9.17) is 0 Å². The van der Waals surface area contributed by atoms with Crippen molar-refractivity contribution in [2.24, 2.45) is 0 Å². The Morgan fingerprint density at radius 1 is 1.31 bits per heavy atom. The van der Waals surface area contributed by atoms with Crippen molar-refractivity contribution in [2.75, 3.05) is 0 Å². The fraction of sp³-hybridized carbons (Fsp3) is 0.200. The van der Waals surface area contributed by atoms with Gasteiger partial charge in [-0.1, -0.05) is 15.9 Å². The molecular formula is C10H9BrN2. The molecule has 66 valence electrons. The van der Waals surface area contributed by atoms with Crippen LogP contribution in [0.2, 0.25) is 0 Å². The molecule has 0 aromatic carbocycles. The van der Waals surface area contributed by atoms with Gasteiger partial charge in [0.25, 0.3) is 0 Å². The Kier molecular flexibility index (Phi) is 2.04. The summed E-state index contributed by atoms with van der Waals surface area (Å²) in [7, 11) is 0. The fourth-order valence-corrected chi connectivity index (χ4v) is 1.85. The van der Waals surface area contributed by atoms with Gasteiger partial charge in [0, 0.05) is 21.7 Å². The van der Waals surface area contributed by atoms with Crippen LogP contribution in [0.3, 0.4) is 0 Å². The molecule has 0 aliphatic heterocycles. The van der Waals surface area contributed by atoms with Crippen molar-refractivity contribution in [2.45, 2.75) is 13.8 Å². The molecule has 2 heterocycles. The van der Waals surface area contributed by atoms with Crippen molar-refractivity contribution in [1.82, 2.24) is 9.97 Å². The van der Waals surface area contributed by atoms with E-state index in [1.54, 1.807) is 6.20 Å². The molecule has 0 fully saturated rings. The molecule has 0 saturated carbocycles. The molecule has 0 bridgehead atoms. The maximum atomic E-state index is 4.36. The van der Waals surface area contributed by atoms with Gasteiger partial charge in [0.15, 0.2) is 0 Å². The second kappa shape index (κ2) is 3.07. The first-order chi connectivity index (χ1) is 6.18. The predicted molar refractivity (Wildman–Crippen MR) is 56.7 cm³/mol. The van der Waals surface area contributed by atoms with E-state index in [9.17, 15) is 0 Å². The topological polar surface area (TPSA) is 25.8 Å². The lowest BCUT2D eigenvalue weighted by Crippen LogP contribution is -1.90. The highest BCUT2D eigenvalue weighted by atomic mass is 79.9. The van der Waals surface area contributed by atoms with Crippen LogP contribution >= 0.6 is 15.9 Å². The lowest BCUT2D eigenvalue weighted by Gasteiger charge is -2.03. The van der Waals surface area contributed by atoms with Crippen molar-refractivity contribution in [3.63, 3.8) is 0 Å². The zero-order valence-corrected chi connectivity index (χ0v) is 9.09. The molecular weight excluding hydrogens is 228 g/mol. The monoisotopic (exact) mass is 236 g/mol. The van der Waals surface area contributed by atoms with Gasteiger partial charge in [-0.05, 0) is 26.0 Å². The van der Waals surface area contributed by atoms with Crippen molar-refractivity contribution in [3.8, 4) is 0 Å². The van der Waals surface area contributed by atoms with Gasteiger partial charge < -0.3 is 0 Å². The molecule has 2 nitrogen and oxygen atoms in total. The van der Waals surface area contributed by atoms with Crippen molar-refractivity contribution in [3.05, 3.63) is 34.2 Å². The number of pyridine rings is 2. The highest BCUT2D eigenvalue weighted by Gasteiger charge is 2.03. The molecule has 0 N–H and O–H groups in total. The number of rotatable bonds is 0. The van der Waals surface area contributed by atoms with E-state index in [0.29, 0.717) is 0 Å². The molecule has 0 aliphatic carbocycles. The summed E-state index contributed by atoms with van der Waals surface area (Å²) in [6.45, 7) is 3.97. The van der Waals surface area contributed by atoms with E-state index < -0.39 is 0 Å². The highest BCUT2D eigenvalue weighted by molar-refractivity contribution is 9.10. The molecule has 3 heteroatoms. The average molecular weight is 237 g/mol. The number of hydrogen-bond donors (Lipinski definition) is 0. The first kappa shape index (κ1) is 8.63. The molecule has 0 unspecified atom stereocenters. The predicted octanol–water partition coefficient (Wildman–Crippen LogP) is 3.01. The number of fused-ring (bicyclic) bond motifs is 1.